The van der Waals surface area contributed by atoms with Gasteiger partial charge in [0.15, 0.2) is 0 Å². The summed E-state index contributed by atoms with van der Waals surface area (Å²) >= 11 is 0. The van der Waals surface area contributed by atoms with Gasteiger partial charge in [0.1, 0.15) is 0 Å². The van der Waals surface area contributed by atoms with Gasteiger partial charge in [-0.15, -0.1) is 0 Å². The Hall–Kier alpha value is -1.26. The van der Waals surface area contributed by atoms with Crippen molar-refractivity contribution in [2.45, 2.75) is 58.0 Å². The van der Waals surface area contributed by atoms with Crippen molar-refractivity contribution in [2.24, 2.45) is 0 Å². The van der Waals surface area contributed by atoms with Gasteiger partial charge in [-0.2, -0.15) is 0 Å². The average molecular weight is 242 g/mol. The molecule has 1 saturated heterocycles. The zero-order chi connectivity index (χ0) is 12.8. The Morgan fingerprint density at radius 2 is 2.24 bits per heavy atom. The van der Waals surface area contributed by atoms with E-state index in [0.717, 1.165) is 19.4 Å². The maximum absolute atomic E-state index is 11.9. The van der Waals surface area contributed by atoms with Crippen LogP contribution in [0.2, 0.25) is 0 Å². The maximum atomic E-state index is 11.9. The summed E-state index contributed by atoms with van der Waals surface area (Å²) in [4.78, 5) is 24.1. The molecule has 17 heavy (non-hydrogen) atoms. The van der Waals surface area contributed by atoms with Crippen molar-refractivity contribution in [3.05, 3.63) is 0 Å². The van der Waals surface area contributed by atoms with Crippen LogP contribution in [0.4, 0.5) is 4.79 Å². The number of carboxylic acid groups (broad SMARTS) is 1. The molecule has 2 atom stereocenters. The van der Waals surface area contributed by atoms with Crippen molar-refractivity contribution in [2.75, 3.05) is 6.54 Å². The first-order chi connectivity index (χ1) is 8.00. The Kier molecular flexibility index (Phi) is 5.25. The van der Waals surface area contributed by atoms with Crippen molar-refractivity contribution in [3.63, 3.8) is 0 Å². The van der Waals surface area contributed by atoms with Gasteiger partial charge in [0, 0.05) is 25.0 Å². The lowest BCUT2D eigenvalue weighted by Crippen LogP contribution is -2.45. The maximum Gasteiger partial charge on any atom is 0.317 e. The monoisotopic (exact) mass is 242 g/mol. The highest BCUT2D eigenvalue weighted by Gasteiger charge is 2.25. The van der Waals surface area contributed by atoms with E-state index in [0.29, 0.717) is 18.9 Å². The Balaban J connectivity index is 2.23. The third-order valence-electron chi connectivity index (χ3n) is 3.21. The Morgan fingerprint density at radius 1 is 1.53 bits per heavy atom. The van der Waals surface area contributed by atoms with E-state index in [4.69, 9.17) is 5.11 Å². The average Bonchev–Trinajstić information content (AvgIpc) is 2.63. The van der Waals surface area contributed by atoms with E-state index in [1.807, 2.05) is 11.8 Å². The summed E-state index contributed by atoms with van der Waals surface area (Å²) < 4.78 is 0. The molecule has 0 aromatic carbocycles. The molecule has 1 rings (SSSR count). The lowest BCUT2D eigenvalue weighted by atomic mass is 10.1. The Morgan fingerprint density at radius 3 is 2.76 bits per heavy atom. The third kappa shape index (κ3) is 4.63. The molecule has 1 fully saturated rings. The van der Waals surface area contributed by atoms with Gasteiger partial charge in [0.2, 0.25) is 0 Å². The van der Waals surface area contributed by atoms with E-state index >= 15 is 0 Å². The fraction of sp³-hybridized carbons (Fsp3) is 0.833. The summed E-state index contributed by atoms with van der Waals surface area (Å²) in [6.45, 7) is 4.80. The third-order valence-corrected chi connectivity index (χ3v) is 3.21. The normalized spacial score (nSPS) is 21.3. The molecule has 2 amide bonds. The molecule has 5 nitrogen and oxygen atoms in total. The molecule has 0 aromatic heterocycles. The van der Waals surface area contributed by atoms with Gasteiger partial charge in [-0.1, -0.05) is 0 Å². The zero-order valence-corrected chi connectivity index (χ0v) is 10.6. The van der Waals surface area contributed by atoms with Gasteiger partial charge < -0.3 is 15.3 Å². The summed E-state index contributed by atoms with van der Waals surface area (Å²) in [5.74, 6) is -0.781. The molecule has 98 valence electrons. The fourth-order valence-corrected chi connectivity index (χ4v) is 2.16. The van der Waals surface area contributed by atoms with Gasteiger partial charge in [-0.3, -0.25) is 4.79 Å². The van der Waals surface area contributed by atoms with Crippen LogP contribution in [0.5, 0.6) is 0 Å². The number of hydrogen-bond donors (Lipinski definition) is 2. The van der Waals surface area contributed by atoms with Crippen molar-refractivity contribution >= 4 is 12.0 Å². The van der Waals surface area contributed by atoms with E-state index < -0.39 is 5.97 Å². The molecule has 0 spiro atoms. The van der Waals surface area contributed by atoms with Crippen LogP contribution in [0.3, 0.4) is 0 Å². The van der Waals surface area contributed by atoms with Crippen LogP contribution in [0.25, 0.3) is 0 Å². The van der Waals surface area contributed by atoms with Gasteiger partial charge in [0.25, 0.3) is 0 Å². The first-order valence-corrected chi connectivity index (χ1v) is 6.29. The van der Waals surface area contributed by atoms with Crippen molar-refractivity contribution < 1.29 is 14.7 Å². The van der Waals surface area contributed by atoms with E-state index in [1.54, 1.807) is 0 Å². The number of nitrogens with one attached hydrogen (secondary N) is 1. The number of likely N-dealkylation sites (tertiary alicyclic amines) is 1. The van der Waals surface area contributed by atoms with Crippen molar-refractivity contribution in [1.29, 1.82) is 0 Å². The summed E-state index contributed by atoms with van der Waals surface area (Å²) in [6, 6.07) is 0.341. The second kappa shape index (κ2) is 6.47. The predicted molar refractivity (Wildman–Crippen MR) is 64.9 cm³/mol. The number of hydrogen-bond acceptors (Lipinski definition) is 2. The molecule has 0 saturated carbocycles. The lowest BCUT2D eigenvalue weighted by Gasteiger charge is -2.24. The molecule has 0 bridgehead atoms. The number of rotatable bonds is 5. The van der Waals surface area contributed by atoms with Crippen molar-refractivity contribution in [3.8, 4) is 0 Å². The quantitative estimate of drug-likeness (QED) is 0.772. The van der Waals surface area contributed by atoms with Gasteiger partial charge in [-0.25, -0.2) is 4.79 Å². The second-order valence-electron chi connectivity index (χ2n) is 4.82. The molecule has 1 aliphatic heterocycles. The lowest BCUT2D eigenvalue weighted by molar-refractivity contribution is -0.137. The molecule has 1 heterocycles. The molecular weight excluding hydrogens is 220 g/mol. The molecule has 5 heteroatoms. The first kappa shape index (κ1) is 13.8. The van der Waals surface area contributed by atoms with E-state index in [9.17, 15) is 9.59 Å². The summed E-state index contributed by atoms with van der Waals surface area (Å²) in [5, 5.41) is 11.4. The van der Waals surface area contributed by atoms with Crippen molar-refractivity contribution in [1.82, 2.24) is 10.2 Å². The topological polar surface area (TPSA) is 69.6 Å². The summed E-state index contributed by atoms with van der Waals surface area (Å²) in [7, 11) is 0. The molecule has 0 aromatic rings. The number of carbonyl (C=O) groups excluding carboxylic acids is 1. The van der Waals surface area contributed by atoms with Crippen LogP contribution >= 0.6 is 0 Å². The van der Waals surface area contributed by atoms with Crippen LogP contribution < -0.4 is 5.32 Å². The van der Waals surface area contributed by atoms with Crippen LogP contribution in [0.1, 0.15) is 46.0 Å². The molecule has 1 aliphatic rings. The van der Waals surface area contributed by atoms with Crippen LogP contribution in [0, 0.1) is 0 Å². The van der Waals surface area contributed by atoms with Crippen LogP contribution in [0.15, 0.2) is 0 Å². The number of carboxylic acids is 1. The fourth-order valence-electron chi connectivity index (χ4n) is 2.16. The number of amides is 2. The zero-order valence-electron chi connectivity index (χ0n) is 10.6. The molecular formula is C12H22N2O3. The van der Waals surface area contributed by atoms with Gasteiger partial charge in [0.05, 0.1) is 0 Å². The number of aliphatic carboxylic acids is 1. The number of nitrogens with zero attached hydrogens (tertiary/aromatic N) is 1. The van der Waals surface area contributed by atoms with Gasteiger partial charge >= 0.3 is 12.0 Å². The largest absolute Gasteiger partial charge is 0.481 e. The molecule has 2 unspecified atom stereocenters. The highest BCUT2D eigenvalue weighted by molar-refractivity contribution is 5.75. The minimum atomic E-state index is -0.781. The van der Waals surface area contributed by atoms with E-state index in [2.05, 4.69) is 12.2 Å². The Labute approximate surface area is 102 Å². The summed E-state index contributed by atoms with van der Waals surface area (Å²) in [6.07, 6.45) is 3.62. The summed E-state index contributed by atoms with van der Waals surface area (Å²) in [5.41, 5.74) is 0. The van der Waals surface area contributed by atoms with Crippen LogP contribution in [-0.4, -0.2) is 40.6 Å². The standard InChI is InChI=1S/C12H22N2O3/c1-9(5-3-7-11(15)16)13-12(17)14-8-4-6-10(14)2/h9-10H,3-8H2,1-2H3,(H,13,17)(H,15,16). The minimum absolute atomic E-state index is 0.0159. The molecule has 0 radical (unpaired) electrons. The highest BCUT2D eigenvalue weighted by Crippen LogP contribution is 2.16. The Bertz CT molecular complexity index is 281. The molecule has 2 N–H and O–H groups in total. The molecule has 0 aliphatic carbocycles. The number of urea groups is 1. The van der Waals surface area contributed by atoms with E-state index in [-0.39, 0.29) is 18.5 Å². The number of carbonyl (C=O) groups is 2. The first-order valence-electron chi connectivity index (χ1n) is 6.29. The highest BCUT2D eigenvalue weighted by atomic mass is 16.4. The minimum Gasteiger partial charge on any atom is -0.481 e. The van der Waals surface area contributed by atoms with Gasteiger partial charge in [-0.05, 0) is 39.5 Å². The SMILES string of the molecule is CC(CCCC(=O)O)NC(=O)N1CCCC1C. The van der Waals surface area contributed by atoms with E-state index in [1.165, 1.54) is 0 Å². The second-order valence-corrected chi connectivity index (χ2v) is 4.82. The smallest absolute Gasteiger partial charge is 0.317 e. The van der Waals surface area contributed by atoms with Crippen LogP contribution in [-0.2, 0) is 4.79 Å². The predicted octanol–water partition coefficient (Wildman–Crippen LogP) is 1.82.